The van der Waals surface area contributed by atoms with Crippen LogP contribution < -0.4 is 5.32 Å². The second-order valence-corrected chi connectivity index (χ2v) is 5.36. The first-order chi connectivity index (χ1) is 8.56. The minimum Gasteiger partial charge on any atom is -0.295 e. The SMILES string of the molecule is CC(C)c1nnc(NC(=O)c2cc(Cl)ccn2)s1. The number of hydrogen-bond donors (Lipinski definition) is 1. The highest BCUT2D eigenvalue weighted by atomic mass is 35.5. The van der Waals surface area contributed by atoms with E-state index in [1.807, 2.05) is 13.8 Å². The van der Waals surface area contributed by atoms with Crippen LogP contribution in [-0.2, 0) is 0 Å². The van der Waals surface area contributed by atoms with Gasteiger partial charge in [0.2, 0.25) is 5.13 Å². The predicted octanol–water partition coefficient (Wildman–Crippen LogP) is 2.96. The van der Waals surface area contributed by atoms with E-state index in [0.29, 0.717) is 10.2 Å². The van der Waals surface area contributed by atoms with Crippen molar-refractivity contribution >= 4 is 34.0 Å². The number of amides is 1. The number of anilines is 1. The maximum absolute atomic E-state index is 11.9. The Morgan fingerprint density at radius 1 is 1.44 bits per heavy atom. The van der Waals surface area contributed by atoms with Crippen molar-refractivity contribution in [2.45, 2.75) is 19.8 Å². The van der Waals surface area contributed by atoms with E-state index >= 15 is 0 Å². The quantitative estimate of drug-likeness (QED) is 0.940. The molecule has 0 spiro atoms. The van der Waals surface area contributed by atoms with Crippen LogP contribution in [0.3, 0.4) is 0 Å². The highest BCUT2D eigenvalue weighted by molar-refractivity contribution is 7.15. The molecule has 0 unspecified atom stereocenters. The fourth-order valence-corrected chi connectivity index (χ4v) is 2.11. The molecule has 0 aromatic carbocycles. The summed E-state index contributed by atoms with van der Waals surface area (Å²) in [5.74, 6) is -0.0543. The molecule has 0 aliphatic heterocycles. The van der Waals surface area contributed by atoms with Gasteiger partial charge in [0.25, 0.3) is 5.91 Å². The fourth-order valence-electron chi connectivity index (χ4n) is 1.21. The second kappa shape index (κ2) is 5.41. The average Bonchev–Trinajstić information content (AvgIpc) is 2.77. The Labute approximate surface area is 113 Å². The first-order valence-corrected chi connectivity index (χ1v) is 6.52. The average molecular weight is 283 g/mol. The Morgan fingerprint density at radius 3 is 2.83 bits per heavy atom. The lowest BCUT2D eigenvalue weighted by Gasteiger charge is -2.00. The van der Waals surface area contributed by atoms with E-state index in [0.717, 1.165) is 5.01 Å². The third-order valence-corrected chi connectivity index (χ3v) is 3.48. The first kappa shape index (κ1) is 12.9. The predicted molar refractivity (Wildman–Crippen MR) is 71.2 cm³/mol. The van der Waals surface area contributed by atoms with E-state index in [1.165, 1.54) is 23.6 Å². The van der Waals surface area contributed by atoms with E-state index < -0.39 is 0 Å². The number of nitrogens with one attached hydrogen (secondary N) is 1. The molecule has 0 bridgehead atoms. The summed E-state index contributed by atoms with van der Waals surface area (Å²) in [6.07, 6.45) is 1.48. The van der Waals surface area contributed by atoms with Crippen molar-refractivity contribution in [3.05, 3.63) is 34.1 Å². The highest BCUT2D eigenvalue weighted by Gasteiger charge is 2.12. The molecule has 1 amide bonds. The van der Waals surface area contributed by atoms with Crippen LogP contribution in [0, 0.1) is 0 Å². The van der Waals surface area contributed by atoms with Crippen molar-refractivity contribution in [2.75, 3.05) is 5.32 Å². The number of halogens is 1. The van der Waals surface area contributed by atoms with Gasteiger partial charge in [-0.1, -0.05) is 36.8 Å². The first-order valence-electron chi connectivity index (χ1n) is 5.32. The van der Waals surface area contributed by atoms with Gasteiger partial charge in [0.15, 0.2) is 0 Å². The zero-order valence-corrected chi connectivity index (χ0v) is 11.4. The smallest absolute Gasteiger partial charge is 0.276 e. The molecule has 94 valence electrons. The van der Waals surface area contributed by atoms with Gasteiger partial charge in [-0.25, -0.2) is 0 Å². The van der Waals surface area contributed by atoms with Crippen LogP contribution in [0.25, 0.3) is 0 Å². The summed E-state index contributed by atoms with van der Waals surface area (Å²) in [6, 6.07) is 3.11. The summed E-state index contributed by atoms with van der Waals surface area (Å²) >= 11 is 7.15. The number of nitrogens with zero attached hydrogens (tertiary/aromatic N) is 3. The third-order valence-electron chi connectivity index (χ3n) is 2.11. The number of hydrogen-bond acceptors (Lipinski definition) is 5. The van der Waals surface area contributed by atoms with Crippen molar-refractivity contribution in [2.24, 2.45) is 0 Å². The van der Waals surface area contributed by atoms with Gasteiger partial charge in [0.1, 0.15) is 10.7 Å². The molecule has 0 aliphatic carbocycles. The van der Waals surface area contributed by atoms with Crippen molar-refractivity contribution in [3.8, 4) is 0 Å². The second-order valence-electron chi connectivity index (χ2n) is 3.91. The van der Waals surface area contributed by atoms with Gasteiger partial charge in [0, 0.05) is 17.1 Å². The Balaban J connectivity index is 2.11. The van der Waals surface area contributed by atoms with Crippen LogP contribution in [-0.4, -0.2) is 21.1 Å². The van der Waals surface area contributed by atoms with Gasteiger partial charge < -0.3 is 0 Å². The van der Waals surface area contributed by atoms with Crippen molar-refractivity contribution in [3.63, 3.8) is 0 Å². The van der Waals surface area contributed by atoms with E-state index in [4.69, 9.17) is 11.6 Å². The zero-order chi connectivity index (χ0) is 13.1. The topological polar surface area (TPSA) is 67.8 Å². The molecule has 1 N–H and O–H groups in total. The molecule has 0 fully saturated rings. The molecule has 2 rings (SSSR count). The molecule has 0 atom stereocenters. The fraction of sp³-hybridized carbons (Fsp3) is 0.273. The van der Waals surface area contributed by atoms with Crippen LogP contribution in [0.5, 0.6) is 0 Å². The molecule has 0 radical (unpaired) electrons. The number of pyridine rings is 1. The van der Waals surface area contributed by atoms with Crippen LogP contribution in [0.4, 0.5) is 5.13 Å². The van der Waals surface area contributed by atoms with E-state index in [9.17, 15) is 4.79 Å². The van der Waals surface area contributed by atoms with Crippen LogP contribution in [0.15, 0.2) is 18.3 Å². The largest absolute Gasteiger partial charge is 0.295 e. The Hall–Kier alpha value is -1.53. The van der Waals surface area contributed by atoms with Crippen LogP contribution in [0.1, 0.15) is 35.3 Å². The van der Waals surface area contributed by atoms with Crippen molar-refractivity contribution in [1.82, 2.24) is 15.2 Å². The molecule has 5 nitrogen and oxygen atoms in total. The molecule has 0 saturated carbocycles. The molecular formula is C11H11ClN4OS. The zero-order valence-electron chi connectivity index (χ0n) is 9.85. The third kappa shape index (κ3) is 3.02. The van der Waals surface area contributed by atoms with E-state index in [1.54, 1.807) is 6.07 Å². The molecule has 7 heteroatoms. The van der Waals surface area contributed by atoms with Gasteiger partial charge in [-0.05, 0) is 12.1 Å². The summed E-state index contributed by atoms with van der Waals surface area (Å²) in [5.41, 5.74) is 0.254. The molecule has 2 heterocycles. The number of carbonyl (C=O) groups excluding carboxylic acids is 1. The molecule has 2 aromatic rings. The summed E-state index contributed by atoms with van der Waals surface area (Å²) < 4.78 is 0. The summed E-state index contributed by atoms with van der Waals surface area (Å²) in [6.45, 7) is 4.04. The lowest BCUT2D eigenvalue weighted by Crippen LogP contribution is -2.13. The van der Waals surface area contributed by atoms with Gasteiger partial charge in [-0.15, -0.1) is 10.2 Å². The Kier molecular flexibility index (Phi) is 3.88. The van der Waals surface area contributed by atoms with Crippen LogP contribution in [0.2, 0.25) is 5.02 Å². The monoisotopic (exact) mass is 282 g/mol. The normalized spacial score (nSPS) is 10.7. The highest BCUT2D eigenvalue weighted by Crippen LogP contribution is 2.22. The summed E-state index contributed by atoms with van der Waals surface area (Å²) in [7, 11) is 0. The van der Waals surface area contributed by atoms with E-state index in [2.05, 4.69) is 20.5 Å². The van der Waals surface area contributed by atoms with Crippen molar-refractivity contribution in [1.29, 1.82) is 0 Å². The van der Waals surface area contributed by atoms with Crippen molar-refractivity contribution < 1.29 is 4.79 Å². The molecule has 0 aliphatic rings. The van der Waals surface area contributed by atoms with E-state index in [-0.39, 0.29) is 17.5 Å². The minimum atomic E-state index is -0.344. The van der Waals surface area contributed by atoms with Crippen LogP contribution >= 0.6 is 22.9 Å². The lowest BCUT2D eigenvalue weighted by molar-refractivity contribution is 0.102. The minimum absolute atomic E-state index is 0.254. The standard InChI is InChI=1S/C11H11ClN4OS/c1-6(2)10-15-16-11(18-10)14-9(17)8-5-7(12)3-4-13-8/h3-6H,1-2H3,(H,14,16,17). The summed E-state index contributed by atoms with van der Waals surface area (Å²) in [5, 5.41) is 12.3. The van der Waals surface area contributed by atoms with Gasteiger partial charge >= 0.3 is 0 Å². The van der Waals surface area contributed by atoms with Gasteiger partial charge in [-0.3, -0.25) is 15.1 Å². The van der Waals surface area contributed by atoms with Gasteiger partial charge in [-0.2, -0.15) is 0 Å². The number of aromatic nitrogens is 3. The molecule has 0 saturated heterocycles. The lowest BCUT2D eigenvalue weighted by atomic mass is 10.2. The Bertz CT molecular complexity index is 570. The number of rotatable bonds is 3. The maximum Gasteiger partial charge on any atom is 0.276 e. The molecule has 2 aromatic heterocycles. The molecule has 18 heavy (non-hydrogen) atoms. The molecular weight excluding hydrogens is 272 g/mol. The number of carbonyl (C=O) groups is 1. The Morgan fingerprint density at radius 2 is 2.22 bits per heavy atom. The van der Waals surface area contributed by atoms with Gasteiger partial charge in [0.05, 0.1) is 0 Å². The summed E-state index contributed by atoms with van der Waals surface area (Å²) in [4.78, 5) is 15.8. The maximum atomic E-state index is 11.9.